The van der Waals surface area contributed by atoms with Gasteiger partial charge in [-0.3, -0.25) is 0 Å². The highest BCUT2D eigenvalue weighted by Crippen LogP contribution is 2.32. The van der Waals surface area contributed by atoms with E-state index in [1.54, 1.807) is 0 Å². The fourth-order valence-corrected chi connectivity index (χ4v) is 2.40. The van der Waals surface area contributed by atoms with E-state index in [0.717, 1.165) is 29.9 Å². The van der Waals surface area contributed by atoms with Gasteiger partial charge in [0, 0.05) is 12.5 Å². The van der Waals surface area contributed by atoms with Gasteiger partial charge in [-0.2, -0.15) is 0 Å². The van der Waals surface area contributed by atoms with Gasteiger partial charge in [-0.05, 0) is 29.7 Å². The third kappa shape index (κ3) is 2.94. The van der Waals surface area contributed by atoms with Crippen LogP contribution in [0.15, 0.2) is 48.5 Å². The van der Waals surface area contributed by atoms with Gasteiger partial charge in [0.25, 0.3) is 0 Å². The third-order valence-electron chi connectivity index (χ3n) is 3.50. The maximum Gasteiger partial charge on any atom is 0.161 e. The Labute approximate surface area is 119 Å². The maximum absolute atomic E-state index is 6.30. The van der Waals surface area contributed by atoms with Crippen molar-refractivity contribution in [2.45, 2.75) is 18.9 Å². The molecule has 20 heavy (non-hydrogen) atoms. The summed E-state index contributed by atoms with van der Waals surface area (Å²) in [7, 11) is 0. The summed E-state index contributed by atoms with van der Waals surface area (Å²) in [5.41, 5.74) is 8.63. The summed E-state index contributed by atoms with van der Waals surface area (Å²) >= 11 is 0. The minimum absolute atomic E-state index is 0.0328. The summed E-state index contributed by atoms with van der Waals surface area (Å²) in [5, 5.41) is 0. The van der Waals surface area contributed by atoms with Crippen LogP contribution in [0.25, 0.3) is 0 Å². The molecule has 0 aliphatic carbocycles. The molecule has 0 amide bonds. The van der Waals surface area contributed by atoms with Gasteiger partial charge < -0.3 is 15.2 Å². The van der Waals surface area contributed by atoms with Crippen molar-refractivity contribution in [2.75, 3.05) is 13.2 Å². The quantitative estimate of drug-likeness (QED) is 0.931. The van der Waals surface area contributed by atoms with Crippen molar-refractivity contribution < 1.29 is 9.47 Å². The number of fused-ring (bicyclic) bond motifs is 1. The highest BCUT2D eigenvalue weighted by molar-refractivity contribution is 5.44. The number of hydrogen-bond donors (Lipinski definition) is 1. The first-order valence-electron chi connectivity index (χ1n) is 7.02. The predicted molar refractivity (Wildman–Crippen MR) is 79.1 cm³/mol. The molecule has 0 saturated heterocycles. The Morgan fingerprint density at radius 2 is 1.70 bits per heavy atom. The summed E-state index contributed by atoms with van der Waals surface area (Å²) in [6.07, 6.45) is 1.74. The minimum Gasteiger partial charge on any atom is -0.490 e. The van der Waals surface area contributed by atoms with Crippen LogP contribution in [0, 0.1) is 0 Å². The zero-order valence-electron chi connectivity index (χ0n) is 11.4. The molecule has 0 aromatic heterocycles. The molecule has 0 radical (unpaired) electrons. The van der Waals surface area contributed by atoms with Crippen molar-refractivity contribution in [2.24, 2.45) is 5.73 Å². The van der Waals surface area contributed by atoms with E-state index < -0.39 is 0 Å². The van der Waals surface area contributed by atoms with Crippen molar-refractivity contribution in [1.82, 2.24) is 0 Å². The second kappa shape index (κ2) is 5.97. The molecule has 0 spiro atoms. The van der Waals surface area contributed by atoms with E-state index in [1.807, 2.05) is 36.4 Å². The molecule has 3 heteroatoms. The van der Waals surface area contributed by atoms with E-state index in [4.69, 9.17) is 15.2 Å². The average molecular weight is 269 g/mol. The highest BCUT2D eigenvalue weighted by atomic mass is 16.5. The normalized spacial score (nSPS) is 15.4. The lowest BCUT2D eigenvalue weighted by molar-refractivity contribution is 0.297. The molecule has 0 fully saturated rings. The smallest absolute Gasteiger partial charge is 0.161 e. The molecule has 0 bridgehead atoms. The molecule has 1 aliphatic heterocycles. The Hall–Kier alpha value is -2.00. The monoisotopic (exact) mass is 269 g/mol. The van der Waals surface area contributed by atoms with Crippen LogP contribution in [0.3, 0.4) is 0 Å². The van der Waals surface area contributed by atoms with E-state index in [9.17, 15) is 0 Å². The number of ether oxygens (including phenoxy) is 2. The average Bonchev–Trinajstić information content (AvgIpc) is 2.72. The van der Waals surface area contributed by atoms with Crippen LogP contribution in [-0.2, 0) is 6.42 Å². The summed E-state index contributed by atoms with van der Waals surface area (Å²) in [6.45, 7) is 1.41. The number of nitrogens with two attached hydrogens (primary N) is 1. The largest absolute Gasteiger partial charge is 0.490 e. The number of benzene rings is 2. The van der Waals surface area contributed by atoms with E-state index in [0.29, 0.717) is 13.2 Å². The van der Waals surface area contributed by atoms with Gasteiger partial charge in [-0.25, -0.2) is 0 Å². The summed E-state index contributed by atoms with van der Waals surface area (Å²) in [4.78, 5) is 0. The van der Waals surface area contributed by atoms with E-state index in [2.05, 4.69) is 12.1 Å². The molecular formula is C17H19NO2. The highest BCUT2D eigenvalue weighted by Gasteiger charge is 2.14. The van der Waals surface area contributed by atoms with Crippen LogP contribution in [-0.4, -0.2) is 13.2 Å². The summed E-state index contributed by atoms with van der Waals surface area (Å²) in [6, 6.07) is 16.3. The molecule has 1 aliphatic rings. The molecule has 2 N–H and O–H groups in total. The lowest BCUT2D eigenvalue weighted by Crippen LogP contribution is -2.13. The first-order valence-corrected chi connectivity index (χ1v) is 7.02. The zero-order valence-corrected chi connectivity index (χ0v) is 11.4. The van der Waals surface area contributed by atoms with Crippen LogP contribution in [0.1, 0.15) is 23.6 Å². The van der Waals surface area contributed by atoms with Crippen molar-refractivity contribution in [3.63, 3.8) is 0 Å². The van der Waals surface area contributed by atoms with Gasteiger partial charge in [0.2, 0.25) is 0 Å². The Morgan fingerprint density at radius 1 is 0.950 bits per heavy atom. The number of rotatable bonds is 3. The second-order valence-electron chi connectivity index (χ2n) is 5.05. The van der Waals surface area contributed by atoms with Crippen LogP contribution in [0.4, 0.5) is 0 Å². The zero-order chi connectivity index (χ0) is 13.8. The third-order valence-corrected chi connectivity index (χ3v) is 3.50. The Balaban J connectivity index is 1.78. The van der Waals surface area contributed by atoms with Gasteiger partial charge in [-0.15, -0.1) is 0 Å². The lowest BCUT2D eigenvalue weighted by atomic mass is 9.99. The van der Waals surface area contributed by atoms with Crippen molar-refractivity contribution in [1.29, 1.82) is 0 Å². The fraction of sp³-hybridized carbons (Fsp3) is 0.294. The van der Waals surface area contributed by atoms with Crippen LogP contribution < -0.4 is 15.2 Å². The van der Waals surface area contributed by atoms with Crippen LogP contribution >= 0.6 is 0 Å². The van der Waals surface area contributed by atoms with Crippen LogP contribution in [0.5, 0.6) is 11.5 Å². The summed E-state index contributed by atoms with van der Waals surface area (Å²) < 4.78 is 11.3. The Kier molecular flexibility index (Phi) is 3.88. The maximum atomic E-state index is 6.30. The SMILES string of the molecule is N[C@H](Cc1ccccc1)c1ccc2c(c1)OCCCO2. The molecule has 0 saturated carbocycles. The lowest BCUT2D eigenvalue weighted by Gasteiger charge is -2.15. The molecule has 104 valence electrons. The van der Waals surface area contributed by atoms with Gasteiger partial charge in [-0.1, -0.05) is 36.4 Å². The van der Waals surface area contributed by atoms with Gasteiger partial charge in [0.05, 0.1) is 13.2 Å². The molecule has 3 rings (SSSR count). The van der Waals surface area contributed by atoms with Crippen molar-refractivity contribution in [3.8, 4) is 11.5 Å². The fourth-order valence-electron chi connectivity index (χ4n) is 2.40. The molecule has 1 heterocycles. The van der Waals surface area contributed by atoms with E-state index >= 15 is 0 Å². The van der Waals surface area contributed by atoms with Gasteiger partial charge in [0.15, 0.2) is 11.5 Å². The van der Waals surface area contributed by atoms with Crippen molar-refractivity contribution >= 4 is 0 Å². The predicted octanol–water partition coefficient (Wildman–Crippen LogP) is 3.09. The van der Waals surface area contributed by atoms with Gasteiger partial charge >= 0.3 is 0 Å². The molecule has 0 unspecified atom stereocenters. The van der Waals surface area contributed by atoms with Gasteiger partial charge in [0.1, 0.15) is 0 Å². The standard InChI is InChI=1S/C17H19NO2/c18-15(11-13-5-2-1-3-6-13)14-7-8-16-17(12-14)20-10-4-9-19-16/h1-3,5-8,12,15H,4,9-11,18H2/t15-/m1/s1. The molecule has 3 nitrogen and oxygen atoms in total. The number of hydrogen-bond acceptors (Lipinski definition) is 3. The Morgan fingerprint density at radius 3 is 2.50 bits per heavy atom. The molecule has 1 atom stereocenters. The summed E-state index contributed by atoms with van der Waals surface area (Å²) in [5.74, 6) is 1.63. The Bertz CT molecular complexity index is 568. The van der Waals surface area contributed by atoms with Crippen molar-refractivity contribution in [3.05, 3.63) is 59.7 Å². The molecular weight excluding hydrogens is 250 g/mol. The first kappa shape index (κ1) is 13.0. The topological polar surface area (TPSA) is 44.5 Å². The molecule has 2 aromatic rings. The first-order chi connectivity index (χ1) is 9.83. The second-order valence-corrected chi connectivity index (χ2v) is 5.05. The molecule has 2 aromatic carbocycles. The van der Waals surface area contributed by atoms with E-state index in [-0.39, 0.29) is 6.04 Å². The minimum atomic E-state index is -0.0328. The van der Waals surface area contributed by atoms with Crippen LogP contribution in [0.2, 0.25) is 0 Å². The van der Waals surface area contributed by atoms with E-state index in [1.165, 1.54) is 5.56 Å².